The molecule has 0 radical (unpaired) electrons. The lowest BCUT2D eigenvalue weighted by atomic mass is 10.1. The Morgan fingerprint density at radius 1 is 1.15 bits per heavy atom. The topological polar surface area (TPSA) is 40.5 Å². The molecule has 0 fully saturated rings. The first-order chi connectivity index (χ1) is 9.49. The molecule has 0 saturated heterocycles. The number of carboxylic acid groups (broad SMARTS) is 1. The van der Waals surface area contributed by atoms with Gasteiger partial charge < -0.3 is 10.0 Å². The van der Waals surface area contributed by atoms with E-state index < -0.39 is 5.97 Å². The van der Waals surface area contributed by atoms with Gasteiger partial charge in [0.25, 0.3) is 0 Å². The largest absolute Gasteiger partial charge is 0.478 e. The van der Waals surface area contributed by atoms with Gasteiger partial charge in [-0.1, -0.05) is 41.4 Å². The van der Waals surface area contributed by atoms with Gasteiger partial charge in [0, 0.05) is 18.6 Å². The molecule has 0 spiro atoms. The molecule has 0 aliphatic heterocycles. The molecular formula is C15H13Cl2NO2. The molecule has 0 bridgehead atoms. The highest BCUT2D eigenvalue weighted by Gasteiger charge is 2.17. The average molecular weight is 310 g/mol. The summed E-state index contributed by atoms with van der Waals surface area (Å²) >= 11 is 11.8. The first-order valence-corrected chi connectivity index (χ1v) is 6.72. The van der Waals surface area contributed by atoms with Crippen molar-refractivity contribution in [1.82, 2.24) is 0 Å². The summed E-state index contributed by atoms with van der Waals surface area (Å²) in [6.07, 6.45) is 0. The van der Waals surface area contributed by atoms with E-state index >= 15 is 0 Å². The fourth-order valence-electron chi connectivity index (χ4n) is 1.99. The van der Waals surface area contributed by atoms with Crippen molar-refractivity contribution >= 4 is 34.9 Å². The molecule has 0 heterocycles. The van der Waals surface area contributed by atoms with Crippen molar-refractivity contribution in [1.29, 1.82) is 0 Å². The third-order valence-electron chi connectivity index (χ3n) is 2.95. The van der Waals surface area contributed by atoms with E-state index in [1.165, 1.54) is 0 Å². The molecule has 1 N–H and O–H groups in total. The molecule has 2 aromatic rings. The summed E-state index contributed by atoms with van der Waals surface area (Å²) in [5.74, 6) is -1.03. The maximum atomic E-state index is 11.3. The van der Waals surface area contributed by atoms with Crippen LogP contribution in [0.25, 0.3) is 0 Å². The van der Waals surface area contributed by atoms with Crippen molar-refractivity contribution in [3.05, 3.63) is 63.6 Å². The molecular weight excluding hydrogens is 297 g/mol. The maximum absolute atomic E-state index is 11.3. The fraction of sp³-hybridized carbons (Fsp3) is 0.133. The van der Waals surface area contributed by atoms with Gasteiger partial charge in [-0.3, -0.25) is 0 Å². The molecule has 0 aliphatic rings. The predicted molar refractivity (Wildman–Crippen MR) is 82.0 cm³/mol. The van der Waals surface area contributed by atoms with E-state index in [0.29, 0.717) is 17.3 Å². The SMILES string of the molecule is CN(Cc1ccc(Cl)cc1)c1cccc(Cl)c1C(=O)O. The Kier molecular flexibility index (Phi) is 4.53. The highest BCUT2D eigenvalue weighted by molar-refractivity contribution is 6.34. The van der Waals surface area contributed by atoms with Crippen LogP contribution in [0.5, 0.6) is 0 Å². The second kappa shape index (κ2) is 6.16. The molecule has 0 amide bonds. The normalized spacial score (nSPS) is 10.3. The van der Waals surface area contributed by atoms with E-state index in [9.17, 15) is 9.90 Å². The Morgan fingerprint density at radius 3 is 2.40 bits per heavy atom. The van der Waals surface area contributed by atoms with Crippen LogP contribution >= 0.6 is 23.2 Å². The Balaban J connectivity index is 2.29. The van der Waals surface area contributed by atoms with Crippen LogP contribution in [0.3, 0.4) is 0 Å². The molecule has 0 unspecified atom stereocenters. The summed E-state index contributed by atoms with van der Waals surface area (Å²) in [7, 11) is 1.83. The van der Waals surface area contributed by atoms with E-state index in [1.807, 2.05) is 24.1 Å². The van der Waals surface area contributed by atoms with Crippen LogP contribution in [0.1, 0.15) is 15.9 Å². The minimum atomic E-state index is -1.03. The van der Waals surface area contributed by atoms with Crippen molar-refractivity contribution in [3.8, 4) is 0 Å². The number of carbonyl (C=O) groups is 1. The van der Waals surface area contributed by atoms with Gasteiger partial charge in [-0.05, 0) is 29.8 Å². The number of aromatic carboxylic acids is 1. The maximum Gasteiger partial charge on any atom is 0.339 e. The number of carboxylic acids is 1. The number of anilines is 1. The summed E-state index contributed by atoms with van der Waals surface area (Å²) in [5, 5.41) is 10.2. The van der Waals surface area contributed by atoms with Gasteiger partial charge in [0.15, 0.2) is 0 Å². The van der Waals surface area contributed by atoms with E-state index in [4.69, 9.17) is 23.2 Å². The molecule has 20 heavy (non-hydrogen) atoms. The number of halogens is 2. The Labute approximate surface area is 127 Å². The van der Waals surface area contributed by atoms with Crippen LogP contribution in [0.15, 0.2) is 42.5 Å². The van der Waals surface area contributed by atoms with Crippen molar-refractivity contribution in [2.45, 2.75) is 6.54 Å². The standard InChI is InChI=1S/C15H13Cl2NO2/c1-18(9-10-5-7-11(16)8-6-10)13-4-2-3-12(17)14(13)15(19)20/h2-8H,9H2,1H3,(H,19,20). The first kappa shape index (κ1) is 14.7. The lowest BCUT2D eigenvalue weighted by molar-refractivity contribution is 0.0697. The lowest BCUT2D eigenvalue weighted by Gasteiger charge is -2.22. The van der Waals surface area contributed by atoms with Gasteiger partial charge in [-0.2, -0.15) is 0 Å². The quantitative estimate of drug-likeness (QED) is 0.914. The zero-order valence-corrected chi connectivity index (χ0v) is 12.3. The van der Waals surface area contributed by atoms with Gasteiger partial charge >= 0.3 is 5.97 Å². The molecule has 5 heteroatoms. The molecule has 0 aliphatic carbocycles. The Bertz CT molecular complexity index is 626. The number of hydrogen-bond donors (Lipinski definition) is 1. The van der Waals surface area contributed by atoms with Crippen LogP contribution in [0.4, 0.5) is 5.69 Å². The Hall–Kier alpha value is -1.71. The van der Waals surface area contributed by atoms with Crippen LogP contribution in [0.2, 0.25) is 10.0 Å². The second-order valence-corrected chi connectivity index (χ2v) is 5.27. The van der Waals surface area contributed by atoms with E-state index in [-0.39, 0.29) is 10.6 Å². The second-order valence-electron chi connectivity index (χ2n) is 4.42. The van der Waals surface area contributed by atoms with Gasteiger partial charge in [-0.15, -0.1) is 0 Å². The van der Waals surface area contributed by atoms with E-state index in [1.54, 1.807) is 30.3 Å². The van der Waals surface area contributed by atoms with Gasteiger partial charge in [0.1, 0.15) is 5.56 Å². The predicted octanol–water partition coefficient (Wildman–Crippen LogP) is 4.33. The molecule has 104 valence electrons. The third kappa shape index (κ3) is 3.24. The highest BCUT2D eigenvalue weighted by Crippen LogP contribution is 2.28. The summed E-state index contributed by atoms with van der Waals surface area (Å²) in [6.45, 7) is 0.567. The number of nitrogens with zero attached hydrogens (tertiary/aromatic N) is 1. The van der Waals surface area contributed by atoms with Gasteiger partial charge in [0.05, 0.1) is 10.7 Å². The third-order valence-corrected chi connectivity index (χ3v) is 3.52. The highest BCUT2D eigenvalue weighted by atomic mass is 35.5. The minimum absolute atomic E-state index is 0.116. The summed E-state index contributed by atoms with van der Waals surface area (Å²) in [5.41, 5.74) is 1.73. The summed E-state index contributed by atoms with van der Waals surface area (Å²) < 4.78 is 0. The summed E-state index contributed by atoms with van der Waals surface area (Å²) in [4.78, 5) is 13.2. The van der Waals surface area contributed by atoms with Crippen LogP contribution in [-0.4, -0.2) is 18.1 Å². The zero-order valence-electron chi connectivity index (χ0n) is 10.8. The smallest absolute Gasteiger partial charge is 0.339 e. The van der Waals surface area contributed by atoms with E-state index in [0.717, 1.165) is 5.56 Å². The van der Waals surface area contributed by atoms with Crippen LogP contribution in [0, 0.1) is 0 Å². The fourth-order valence-corrected chi connectivity index (χ4v) is 2.37. The zero-order chi connectivity index (χ0) is 14.7. The number of rotatable bonds is 4. The van der Waals surface area contributed by atoms with Crippen LogP contribution in [-0.2, 0) is 6.54 Å². The molecule has 0 saturated carbocycles. The van der Waals surface area contributed by atoms with Gasteiger partial charge in [0.2, 0.25) is 0 Å². The van der Waals surface area contributed by atoms with Crippen LogP contribution < -0.4 is 4.90 Å². The van der Waals surface area contributed by atoms with Crippen molar-refractivity contribution in [2.24, 2.45) is 0 Å². The molecule has 0 atom stereocenters. The number of hydrogen-bond acceptors (Lipinski definition) is 2. The summed E-state index contributed by atoms with van der Waals surface area (Å²) in [6, 6.07) is 12.5. The molecule has 3 nitrogen and oxygen atoms in total. The van der Waals surface area contributed by atoms with Crippen molar-refractivity contribution in [2.75, 3.05) is 11.9 Å². The lowest BCUT2D eigenvalue weighted by Crippen LogP contribution is -2.19. The van der Waals surface area contributed by atoms with Gasteiger partial charge in [-0.25, -0.2) is 4.79 Å². The molecule has 2 aromatic carbocycles. The Morgan fingerprint density at radius 2 is 1.80 bits per heavy atom. The average Bonchev–Trinajstić information content (AvgIpc) is 2.40. The first-order valence-electron chi connectivity index (χ1n) is 5.96. The van der Waals surface area contributed by atoms with Crippen molar-refractivity contribution in [3.63, 3.8) is 0 Å². The van der Waals surface area contributed by atoms with E-state index in [2.05, 4.69) is 0 Å². The minimum Gasteiger partial charge on any atom is -0.478 e. The number of benzene rings is 2. The molecule has 2 rings (SSSR count). The monoisotopic (exact) mass is 309 g/mol. The molecule has 0 aromatic heterocycles. The van der Waals surface area contributed by atoms with Crippen molar-refractivity contribution < 1.29 is 9.90 Å².